The van der Waals surface area contributed by atoms with Crippen LogP contribution in [0.1, 0.15) is 42.5 Å². The zero-order chi connectivity index (χ0) is 67.5. The van der Waals surface area contributed by atoms with E-state index in [9.17, 15) is 0 Å². The number of aromatic nitrogens is 10. The average molecular weight is 1410 g/mol. The van der Waals surface area contributed by atoms with Crippen LogP contribution >= 0.6 is 15.9 Å². The Labute approximate surface area is 605 Å². The fourth-order valence-corrected chi connectivity index (χ4v) is 13.4. The first-order valence-corrected chi connectivity index (χ1v) is 33.6. The lowest BCUT2D eigenvalue weighted by Gasteiger charge is -2.32. The molecular weight excluding hydrogens is 1340 g/mol. The fraction of sp³-hybridized carbons (Fsp3) is 0.0930. The normalized spacial score (nSPS) is 12.9. The number of fused-ring (bicyclic) bond motifs is 12. The van der Waals surface area contributed by atoms with Crippen molar-refractivity contribution in [2.45, 2.75) is 53.8 Å². The van der Waals surface area contributed by atoms with E-state index in [-0.39, 0.29) is 23.3 Å². The highest BCUT2D eigenvalue weighted by Crippen LogP contribution is 2.42. The number of halogens is 1. The van der Waals surface area contributed by atoms with E-state index in [1.165, 1.54) is 0 Å². The third-order valence-corrected chi connectivity index (χ3v) is 19.1. The first-order valence-electron chi connectivity index (χ1n) is 32.8. The molecule has 0 N–H and O–H groups in total. The standard InChI is InChI=1S/C39H23N5O.C30H25BN2O3.C15H10BrN3.2CH4.B/c1-3-18-40-31(9-1)33-22-27(23-34(43-33)32-10-2-4-19-41-32)28-8-5-11-36-37(28)29-21-26(15-17-35(29)45-36)30-16-14-25-13-12-24-7-6-20-42-38(24)39(25)44-30;1-29(2)30(3,4)36-31(35-29)22-8-5-9-25-26(22)21-17-20(13-15-24(21)34-25)23-14-12-19-11-10-18-7-6-16-32-27(18)28(19)33-23;16-11-9-14(12-5-1-3-7-17-12)19-15(10-11)13-6-2-4-8-18-13;;;/h1-23H;5-17H,1-4H3;1-10H;2*1H4;. The molecule has 103 heavy (non-hydrogen) atoms. The SMILES string of the molecule is Brc1cc(-c2ccccn2)nc(-c2ccccn2)c1.C.C.CC1(C)OB(c2cccc3oc4ccc(-c5ccc6ccc7cccnc7c6n5)cc4c23)OC1(C)C.[B].c1ccc(-c2cc(-c3cccc4oc5ccc(-c6ccc7ccc8cccnc8c7n6)cc5c34)cc(-c3ccccn3)n2)nc1. The molecule has 19 rings (SSSR count). The predicted octanol–water partition coefficient (Wildman–Crippen LogP) is 21.0. The van der Waals surface area contributed by atoms with Crippen LogP contribution in [0.5, 0.6) is 0 Å². The van der Waals surface area contributed by atoms with Gasteiger partial charge < -0.3 is 18.1 Å². The molecule has 6 aromatic carbocycles. The van der Waals surface area contributed by atoms with Crippen molar-refractivity contribution < 1.29 is 18.1 Å². The summed E-state index contributed by atoms with van der Waals surface area (Å²) in [7, 11) is -0.473. The minimum atomic E-state index is -0.473. The molecule has 1 aliphatic heterocycles. The van der Waals surface area contributed by atoms with Gasteiger partial charge >= 0.3 is 7.12 Å². The predicted molar refractivity (Wildman–Crippen MR) is 423 cm³/mol. The summed E-state index contributed by atoms with van der Waals surface area (Å²) in [4.78, 5) is 46.8. The monoisotopic (exact) mass is 1400 g/mol. The molecule has 0 saturated carbocycles. The summed E-state index contributed by atoms with van der Waals surface area (Å²) in [5.74, 6) is 0. The molecule has 497 valence electrons. The van der Waals surface area contributed by atoms with Gasteiger partial charge in [0.1, 0.15) is 22.3 Å². The Hall–Kier alpha value is -12.0. The molecule has 0 bridgehead atoms. The Balaban J connectivity index is 0.000000138. The summed E-state index contributed by atoms with van der Waals surface area (Å²) in [5, 5.41) is 8.38. The number of benzene rings is 6. The van der Waals surface area contributed by atoms with Crippen LogP contribution in [0.15, 0.2) is 293 Å². The molecular formula is C86H66B2BrN10O4. The second-order valence-electron chi connectivity index (χ2n) is 25.5. The van der Waals surface area contributed by atoms with Gasteiger partial charge in [0.05, 0.1) is 90.2 Å². The average Bonchev–Trinajstić information content (AvgIpc) is 1.63. The van der Waals surface area contributed by atoms with Gasteiger partial charge in [0, 0.05) is 104 Å². The number of hydrogen-bond donors (Lipinski definition) is 0. The molecule has 12 aromatic heterocycles. The Bertz CT molecular complexity index is 6040. The van der Waals surface area contributed by atoms with Crippen LogP contribution in [0.4, 0.5) is 0 Å². The van der Waals surface area contributed by atoms with Crippen molar-refractivity contribution in [2.24, 2.45) is 0 Å². The molecule has 0 spiro atoms. The smallest absolute Gasteiger partial charge is 0.456 e. The fourth-order valence-electron chi connectivity index (χ4n) is 12.9. The third-order valence-electron chi connectivity index (χ3n) is 18.6. The van der Waals surface area contributed by atoms with Crippen molar-refractivity contribution >= 4 is 124 Å². The van der Waals surface area contributed by atoms with Gasteiger partial charge in [-0.15, -0.1) is 0 Å². The van der Waals surface area contributed by atoms with Crippen molar-refractivity contribution in [2.75, 3.05) is 0 Å². The van der Waals surface area contributed by atoms with Gasteiger partial charge in [0.25, 0.3) is 0 Å². The second-order valence-corrected chi connectivity index (χ2v) is 26.4. The minimum Gasteiger partial charge on any atom is -0.456 e. The summed E-state index contributed by atoms with van der Waals surface area (Å²) in [6.07, 6.45) is 10.7. The van der Waals surface area contributed by atoms with Crippen molar-refractivity contribution in [1.82, 2.24) is 49.8 Å². The van der Waals surface area contributed by atoms with Crippen LogP contribution in [0, 0.1) is 0 Å². The van der Waals surface area contributed by atoms with Gasteiger partial charge in [0.2, 0.25) is 0 Å². The maximum Gasteiger partial charge on any atom is 0.495 e. The van der Waals surface area contributed by atoms with Crippen LogP contribution in [-0.4, -0.2) is 76.6 Å². The maximum absolute atomic E-state index is 6.40. The molecule has 14 nitrogen and oxygen atoms in total. The Morgan fingerprint density at radius 2 is 0.709 bits per heavy atom. The zero-order valence-corrected chi connectivity index (χ0v) is 56.8. The second kappa shape index (κ2) is 28.2. The van der Waals surface area contributed by atoms with E-state index < -0.39 is 18.3 Å². The Morgan fingerprint density at radius 1 is 0.311 bits per heavy atom. The molecule has 0 atom stereocenters. The Morgan fingerprint density at radius 3 is 1.16 bits per heavy atom. The van der Waals surface area contributed by atoms with E-state index in [1.807, 2.05) is 146 Å². The van der Waals surface area contributed by atoms with Gasteiger partial charge in [-0.25, -0.2) is 19.9 Å². The van der Waals surface area contributed by atoms with Crippen molar-refractivity contribution in [3.63, 3.8) is 0 Å². The van der Waals surface area contributed by atoms with Crippen LogP contribution in [-0.2, 0) is 9.31 Å². The number of hydrogen-bond acceptors (Lipinski definition) is 14. The van der Waals surface area contributed by atoms with Crippen LogP contribution in [0.3, 0.4) is 0 Å². The third kappa shape index (κ3) is 13.1. The molecule has 1 saturated heterocycles. The summed E-state index contributed by atoms with van der Waals surface area (Å²) in [6.45, 7) is 8.29. The van der Waals surface area contributed by atoms with Crippen LogP contribution in [0.2, 0.25) is 0 Å². The highest BCUT2D eigenvalue weighted by Gasteiger charge is 2.52. The number of pyridine rings is 10. The summed E-state index contributed by atoms with van der Waals surface area (Å²) >= 11 is 3.51. The molecule has 18 aromatic rings. The van der Waals surface area contributed by atoms with E-state index in [1.54, 1.807) is 24.8 Å². The van der Waals surface area contributed by atoms with Crippen molar-refractivity contribution in [1.29, 1.82) is 0 Å². The van der Waals surface area contributed by atoms with E-state index in [2.05, 4.69) is 188 Å². The topological polar surface area (TPSA) is 174 Å². The van der Waals surface area contributed by atoms with Gasteiger partial charge in [-0.1, -0.05) is 128 Å². The van der Waals surface area contributed by atoms with Crippen molar-refractivity contribution in [3.05, 3.63) is 284 Å². The lowest BCUT2D eigenvalue weighted by Crippen LogP contribution is -2.41. The summed E-state index contributed by atoms with van der Waals surface area (Å²) < 4.78 is 26.4. The highest BCUT2D eigenvalue weighted by atomic mass is 79.9. The molecule has 0 amide bonds. The molecule has 3 radical (unpaired) electrons. The molecule has 13 heterocycles. The van der Waals surface area contributed by atoms with Gasteiger partial charge in [0.15, 0.2) is 0 Å². The number of furan rings is 2. The van der Waals surface area contributed by atoms with E-state index in [0.717, 1.165) is 177 Å². The first kappa shape index (κ1) is 68.1. The molecule has 1 aliphatic rings. The quantitative estimate of drug-likeness (QED) is 0.104. The highest BCUT2D eigenvalue weighted by molar-refractivity contribution is 9.10. The molecule has 1 fully saturated rings. The molecule has 17 heteroatoms. The zero-order valence-electron chi connectivity index (χ0n) is 55.2. The summed E-state index contributed by atoms with van der Waals surface area (Å²) in [6, 6.07) is 80.9. The molecule has 0 unspecified atom stereocenters. The van der Waals surface area contributed by atoms with E-state index >= 15 is 0 Å². The lowest BCUT2D eigenvalue weighted by molar-refractivity contribution is 0.00578. The van der Waals surface area contributed by atoms with Gasteiger partial charge in [-0.05, 0) is 190 Å². The van der Waals surface area contributed by atoms with Crippen LogP contribution < -0.4 is 5.46 Å². The molecule has 0 aliphatic carbocycles. The summed E-state index contributed by atoms with van der Waals surface area (Å²) in [5.41, 5.74) is 19.4. The van der Waals surface area contributed by atoms with Gasteiger partial charge in [-0.2, -0.15) is 0 Å². The first-order chi connectivity index (χ1) is 48.9. The maximum atomic E-state index is 6.40. The lowest BCUT2D eigenvalue weighted by atomic mass is 9.76. The minimum absolute atomic E-state index is 0. The van der Waals surface area contributed by atoms with Crippen molar-refractivity contribution in [3.8, 4) is 79.2 Å². The number of rotatable bonds is 8. The largest absolute Gasteiger partial charge is 0.495 e. The number of nitrogens with zero attached hydrogens (tertiary/aromatic N) is 10. The van der Waals surface area contributed by atoms with Crippen LogP contribution in [0.25, 0.3) is 167 Å². The van der Waals surface area contributed by atoms with E-state index in [4.69, 9.17) is 33.1 Å². The Kier molecular flexibility index (Phi) is 18.7. The van der Waals surface area contributed by atoms with Gasteiger partial charge in [-0.3, -0.25) is 29.9 Å². The van der Waals surface area contributed by atoms with E-state index in [0.29, 0.717) is 0 Å².